The summed E-state index contributed by atoms with van der Waals surface area (Å²) in [6.45, 7) is 0. The molecule has 0 aliphatic rings. The Morgan fingerprint density at radius 2 is 1.63 bits per heavy atom. The molecule has 0 radical (unpaired) electrons. The molecule has 100 valence electrons. The highest BCUT2D eigenvalue weighted by molar-refractivity contribution is 6.50. The summed E-state index contributed by atoms with van der Waals surface area (Å²) in [4.78, 5) is 0. The minimum absolute atomic E-state index is 0.0863. The maximum absolute atomic E-state index is 14.0. The molecule has 0 bridgehead atoms. The zero-order valence-electron chi connectivity index (χ0n) is 9.96. The van der Waals surface area contributed by atoms with Gasteiger partial charge in [0.05, 0.1) is 7.11 Å². The maximum atomic E-state index is 14.0. The van der Waals surface area contributed by atoms with Gasteiger partial charge in [0.2, 0.25) is 0 Å². The van der Waals surface area contributed by atoms with Gasteiger partial charge < -0.3 is 4.74 Å². The largest absolute Gasteiger partial charge is 0.497 e. The molecule has 0 aliphatic carbocycles. The monoisotopic (exact) mass is 302 g/mol. The third-order valence-corrected chi connectivity index (χ3v) is 3.56. The predicted octanol–water partition coefficient (Wildman–Crippen LogP) is 4.65. The van der Waals surface area contributed by atoms with E-state index >= 15 is 0 Å². The van der Waals surface area contributed by atoms with Gasteiger partial charge in [0, 0.05) is 11.6 Å². The van der Waals surface area contributed by atoms with Gasteiger partial charge in [0.15, 0.2) is 4.33 Å². The highest BCUT2D eigenvalue weighted by Gasteiger charge is 2.32. The van der Waals surface area contributed by atoms with Crippen molar-refractivity contribution in [1.29, 1.82) is 0 Å². The normalized spacial score (nSPS) is 11.4. The molecule has 0 fully saturated rings. The minimum atomic E-state index is -1.59. The lowest BCUT2D eigenvalue weighted by Gasteiger charge is -2.21. The minimum Gasteiger partial charge on any atom is -0.497 e. The van der Waals surface area contributed by atoms with Crippen molar-refractivity contribution >= 4 is 23.2 Å². The third kappa shape index (κ3) is 2.82. The zero-order valence-corrected chi connectivity index (χ0v) is 11.5. The number of hydrogen-bond donors (Lipinski definition) is 0. The molecule has 0 saturated heterocycles. The summed E-state index contributed by atoms with van der Waals surface area (Å²) in [6.07, 6.45) is 0. The fourth-order valence-electron chi connectivity index (χ4n) is 1.69. The Labute approximate surface area is 119 Å². The molecular weight excluding hydrogens is 293 g/mol. The smallest absolute Gasteiger partial charge is 0.170 e. The van der Waals surface area contributed by atoms with Gasteiger partial charge in [0.1, 0.15) is 17.4 Å². The van der Waals surface area contributed by atoms with Crippen LogP contribution in [0.4, 0.5) is 8.78 Å². The van der Waals surface area contributed by atoms with E-state index in [-0.39, 0.29) is 5.56 Å². The van der Waals surface area contributed by atoms with Gasteiger partial charge in [-0.1, -0.05) is 35.3 Å². The van der Waals surface area contributed by atoms with Crippen LogP contribution >= 0.6 is 23.2 Å². The van der Waals surface area contributed by atoms with E-state index in [1.54, 1.807) is 6.07 Å². The highest BCUT2D eigenvalue weighted by atomic mass is 35.5. The van der Waals surface area contributed by atoms with Gasteiger partial charge in [-0.2, -0.15) is 0 Å². The Morgan fingerprint density at radius 3 is 2.16 bits per heavy atom. The molecule has 19 heavy (non-hydrogen) atoms. The van der Waals surface area contributed by atoms with E-state index < -0.39 is 16.0 Å². The van der Waals surface area contributed by atoms with Crippen molar-refractivity contribution in [3.05, 3.63) is 65.2 Å². The molecule has 0 heterocycles. The summed E-state index contributed by atoms with van der Waals surface area (Å²) < 4.78 is 30.2. The van der Waals surface area contributed by atoms with Gasteiger partial charge >= 0.3 is 0 Å². The van der Waals surface area contributed by atoms with Gasteiger partial charge in [-0.3, -0.25) is 0 Å². The lowest BCUT2D eigenvalue weighted by atomic mass is 10.0. The molecule has 0 unspecified atom stereocenters. The summed E-state index contributed by atoms with van der Waals surface area (Å²) in [5, 5.41) is 0. The molecule has 0 amide bonds. The second-order valence-corrected chi connectivity index (χ2v) is 5.25. The first-order chi connectivity index (χ1) is 8.95. The third-order valence-electron chi connectivity index (χ3n) is 2.72. The van der Waals surface area contributed by atoms with Gasteiger partial charge in [-0.15, -0.1) is 0 Å². The number of methoxy groups -OCH3 is 1. The lowest BCUT2D eigenvalue weighted by Crippen LogP contribution is -2.14. The number of alkyl halides is 2. The Bertz CT molecular complexity index is 582. The Morgan fingerprint density at radius 1 is 1.00 bits per heavy atom. The summed E-state index contributed by atoms with van der Waals surface area (Å²) in [7, 11) is 1.43. The van der Waals surface area contributed by atoms with Crippen molar-refractivity contribution in [3.8, 4) is 5.75 Å². The zero-order chi connectivity index (χ0) is 14.0. The van der Waals surface area contributed by atoms with E-state index in [0.717, 1.165) is 0 Å². The molecular formula is C14H10Cl2F2O. The van der Waals surface area contributed by atoms with Crippen LogP contribution in [0.5, 0.6) is 5.75 Å². The maximum Gasteiger partial charge on any atom is 0.170 e. The van der Waals surface area contributed by atoms with Crippen LogP contribution in [-0.2, 0) is 4.33 Å². The van der Waals surface area contributed by atoms with Crippen molar-refractivity contribution in [2.75, 3.05) is 7.11 Å². The number of halogens is 4. The topological polar surface area (TPSA) is 9.23 Å². The fourth-order valence-corrected chi connectivity index (χ4v) is 2.25. The average Bonchev–Trinajstić information content (AvgIpc) is 2.38. The summed E-state index contributed by atoms with van der Waals surface area (Å²) in [5.74, 6) is -0.638. The van der Waals surface area contributed by atoms with Crippen LogP contribution in [0, 0.1) is 11.6 Å². The van der Waals surface area contributed by atoms with Gasteiger partial charge in [-0.05, 0) is 29.8 Å². The van der Waals surface area contributed by atoms with E-state index in [0.29, 0.717) is 11.3 Å². The molecule has 0 spiro atoms. The quantitative estimate of drug-likeness (QED) is 0.750. The Balaban J connectivity index is 2.46. The van der Waals surface area contributed by atoms with E-state index in [2.05, 4.69) is 0 Å². The number of rotatable bonds is 3. The van der Waals surface area contributed by atoms with Gasteiger partial charge in [-0.25, -0.2) is 8.78 Å². The van der Waals surface area contributed by atoms with Crippen LogP contribution in [0.15, 0.2) is 42.5 Å². The van der Waals surface area contributed by atoms with E-state index in [9.17, 15) is 8.78 Å². The summed E-state index contributed by atoms with van der Waals surface area (Å²) in [5.41, 5.74) is 0.476. The SMILES string of the molecule is COc1ccc(C(Cl)(Cl)c2ccc(F)cc2)c(F)c1. The lowest BCUT2D eigenvalue weighted by molar-refractivity contribution is 0.410. The first kappa shape index (κ1) is 14.1. The van der Waals surface area contributed by atoms with Crippen molar-refractivity contribution < 1.29 is 13.5 Å². The summed E-state index contributed by atoms with van der Waals surface area (Å²) >= 11 is 12.4. The molecule has 2 aromatic carbocycles. The van der Waals surface area contributed by atoms with Gasteiger partial charge in [0.25, 0.3) is 0 Å². The van der Waals surface area contributed by atoms with Crippen LogP contribution in [-0.4, -0.2) is 7.11 Å². The molecule has 0 aliphatic heterocycles. The highest BCUT2D eigenvalue weighted by Crippen LogP contribution is 2.42. The second kappa shape index (κ2) is 5.35. The molecule has 0 N–H and O–H groups in total. The van der Waals surface area contributed by atoms with Crippen molar-refractivity contribution in [3.63, 3.8) is 0 Å². The molecule has 0 saturated carbocycles. The molecule has 5 heteroatoms. The van der Waals surface area contributed by atoms with Crippen molar-refractivity contribution in [1.82, 2.24) is 0 Å². The van der Waals surface area contributed by atoms with Crippen molar-refractivity contribution in [2.45, 2.75) is 4.33 Å². The average molecular weight is 303 g/mol. The standard InChI is InChI=1S/C14H10Cl2F2O/c1-19-11-6-7-12(13(18)8-11)14(15,16)9-2-4-10(17)5-3-9/h2-8H,1H3. The van der Waals surface area contributed by atoms with Crippen LogP contribution in [0.1, 0.15) is 11.1 Å². The molecule has 1 nitrogen and oxygen atoms in total. The molecule has 2 rings (SSSR count). The first-order valence-corrected chi connectivity index (χ1v) is 6.18. The number of benzene rings is 2. The fraction of sp³-hybridized carbons (Fsp3) is 0.143. The second-order valence-electron chi connectivity index (χ2n) is 3.93. The number of ether oxygens (including phenoxy) is 1. The van der Waals surface area contributed by atoms with Crippen LogP contribution < -0.4 is 4.74 Å². The van der Waals surface area contributed by atoms with Crippen LogP contribution in [0.3, 0.4) is 0 Å². The van der Waals surface area contributed by atoms with Crippen LogP contribution in [0.25, 0.3) is 0 Å². The molecule has 2 aromatic rings. The van der Waals surface area contributed by atoms with E-state index in [1.807, 2.05) is 0 Å². The molecule has 0 atom stereocenters. The molecule has 0 aromatic heterocycles. The van der Waals surface area contributed by atoms with Crippen LogP contribution in [0.2, 0.25) is 0 Å². The first-order valence-electron chi connectivity index (χ1n) is 5.43. The summed E-state index contributed by atoms with van der Waals surface area (Å²) in [6, 6.07) is 9.46. The van der Waals surface area contributed by atoms with E-state index in [1.165, 1.54) is 43.5 Å². The predicted molar refractivity (Wildman–Crippen MR) is 71.8 cm³/mol. The number of hydrogen-bond acceptors (Lipinski definition) is 1. The Kier molecular flexibility index (Phi) is 3.97. The van der Waals surface area contributed by atoms with E-state index in [4.69, 9.17) is 27.9 Å². The Hall–Kier alpha value is -1.32. The van der Waals surface area contributed by atoms with Crippen molar-refractivity contribution in [2.24, 2.45) is 0 Å².